The second kappa shape index (κ2) is 7.25. The van der Waals surface area contributed by atoms with Crippen molar-refractivity contribution in [1.29, 1.82) is 0 Å². The molecule has 0 heterocycles. The van der Waals surface area contributed by atoms with Crippen molar-refractivity contribution in [1.82, 2.24) is 5.32 Å². The number of hydrogen-bond acceptors (Lipinski definition) is 3. The molecular weight excluding hydrogens is 250 g/mol. The smallest absolute Gasteiger partial charge is 0.335 e. The molecule has 3 heteroatoms. The van der Waals surface area contributed by atoms with Crippen LogP contribution in [-0.2, 0) is 9.53 Å². The van der Waals surface area contributed by atoms with E-state index >= 15 is 0 Å². The van der Waals surface area contributed by atoms with Gasteiger partial charge >= 0.3 is 5.97 Å². The molecule has 1 aliphatic rings. The normalized spacial score (nSPS) is 20.1. The second-order valence-corrected chi connectivity index (χ2v) is 5.16. The van der Waals surface area contributed by atoms with E-state index in [0.717, 1.165) is 24.8 Å². The number of benzene rings is 1. The van der Waals surface area contributed by atoms with Crippen molar-refractivity contribution in [2.24, 2.45) is 0 Å². The van der Waals surface area contributed by atoms with E-state index < -0.39 is 0 Å². The van der Waals surface area contributed by atoms with Gasteiger partial charge in [-0.3, -0.25) is 0 Å². The fourth-order valence-electron chi connectivity index (χ4n) is 2.63. The molecule has 0 saturated carbocycles. The highest BCUT2D eigenvalue weighted by Crippen LogP contribution is 2.23. The van der Waals surface area contributed by atoms with Crippen LogP contribution in [0.2, 0.25) is 0 Å². The second-order valence-electron chi connectivity index (χ2n) is 5.16. The van der Waals surface area contributed by atoms with E-state index in [1.165, 1.54) is 5.56 Å². The van der Waals surface area contributed by atoms with Crippen LogP contribution in [-0.4, -0.2) is 18.6 Å². The molecule has 20 heavy (non-hydrogen) atoms. The first-order chi connectivity index (χ1) is 9.72. The van der Waals surface area contributed by atoms with Crippen molar-refractivity contribution in [2.45, 2.75) is 45.2 Å². The highest BCUT2D eigenvalue weighted by molar-refractivity contribution is 5.90. The summed E-state index contributed by atoms with van der Waals surface area (Å²) in [7, 11) is 0. The van der Waals surface area contributed by atoms with Crippen LogP contribution >= 0.6 is 0 Å². The highest BCUT2D eigenvalue weighted by Gasteiger charge is 2.25. The molecular formula is C17H23NO2. The lowest BCUT2D eigenvalue weighted by Gasteiger charge is -2.27. The van der Waals surface area contributed by atoms with Gasteiger partial charge in [0.05, 0.1) is 12.2 Å². The van der Waals surface area contributed by atoms with E-state index in [9.17, 15) is 4.79 Å². The molecule has 2 atom stereocenters. The van der Waals surface area contributed by atoms with Crippen molar-refractivity contribution in [3.63, 3.8) is 0 Å². The molecule has 2 rings (SSSR count). The molecule has 0 spiro atoms. The lowest BCUT2D eigenvalue weighted by Crippen LogP contribution is -2.37. The fraction of sp³-hybridized carbons (Fsp3) is 0.471. The molecule has 1 aliphatic carbocycles. The van der Waals surface area contributed by atoms with Gasteiger partial charge in [0.25, 0.3) is 0 Å². The molecule has 0 aliphatic heterocycles. The van der Waals surface area contributed by atoms with Crippen molar-refractivity contribution in [2.75, 3.05) is 6.61 Å². The summed E-state index contributed by atoms with van der Waals surface area (Å²) in [6.07, 6.45) is 5.09. The summed E-state index contributed by atoms with van der Waals surface area (Å²) < 4.78 is 5.15. The number of rotatable bonds is 5. The van der Waals surface area contributed by atoms with Gasteiger partial charge in [0.2, 0.25) is 0 Å². The van der Waals surface area contributed by atoms with E-state index in [1.54, 1.807) is 0 Å². The molecule has 0 aromatic heterocycles. The molecule has 0 bridgehead atoms. The van der Waals surface area contributed by atoms with Crippen LogP contribution in [0.15, 0.2) is 42.0 Å². The Morgan fingerprint density at radius 2 is 2.15 bits per heavy atom. The zero-order valence-corrected chi connectivity index (χ0v) is 12.3. The van der Waals surface area contributed by atoms with Crippen molar-refractivity contribution < 1.29 is 9.53 Å². The molecule has 108 valence electrons. The number of ether oxygens (including phenoxy) is 1. The Morgan fingerprint density at radius 3 is 2.85 bits per heavy atom. The Balaban J connectivity index is 2.05. The maximum atomic E-state index is 12.0. The van der Waals surface area contributed by atoms with Crippen molar-refractivity contribution >= 4 is 5.97 Å². The number of nitrogens with one attached hydrogen (secondary N) is 1. The molecule has 1 N–H and O–H groups in total. The molecule has 1 aromatic rings. The van der Waals surface area contributed by atoms with Gasteiger partial charge in [0.15, 0.2) is 0 Å². The van der Waals surface area contributed by atoms with Gasteiger partial charge in [-0.2, -0.15) is 0 Å². The number of carbonyl (C=O) groups excluding carboxylic acids is 1. The maximum absolute atomic E-state index is 12.0. The predicted molar refractivity (Wildman–Crippen MR) is 80.3 cm³/mol. The van der Waals surface area contributed by atoms with Crippen LogP contribution in [0.3, 0.4) is 0 Å². The minimum Gasteiger partial charge on any atom is -0.463 e. The number of esters is 1. The SMILES string of the molecule is CCOC(=O)C1=CCCC[C@@H]1N[C@@H](C)c1ccccc1. The van der Waals surface area contributed by atoms with Crippen LogP contribution in [0.1, 0.15) is 44.7 Å². The molecule has 0 radical (unpaired) electrons. The van der Waals surface area contributed by atoms with Gasteiger partial charge in [-0.1, -0.05) is 36.4 Å². The minimum absolute atomic E-state index is 0.0954. The molecule has 0 saturated heterocycles. The third kappa shape index (κ3) is 3.70. The van der Waals surface area contributed by atoms with Gasteiger partial charge < -0.3 is 10.1 Å². The largest absolute Gasteiger partial charge is 0.463 e. The van der Waals surface area contributed by atoms with Gasteiger partial charge in [-0.15, -0.1) is 0 Å². The van der Waals surface area contributed by atoms with Crippen LogP contribution < -0.4 is 5.32 Å². The first kappa shape index (κ1) is 14.8. The standard InChI is InChI=1S/C17H23NO2/c1-3-20-17(19)15-11-7-8-12-16(15)18-13(2)14-9-5-4-6-10-14/h4-6,9-11,13,16,18H,3,7-8,12H2,1-2H3/t13-,16-/m0/s1. The Hall–Kier alpha value is -1.61. The topological polar surface area (TPSA) is 38.3 Å². The monoisotopic (exact) mass is 273 g/mol. The Kier molecular flexibility index (Phi) is 5.36. The zero-order valence-electron chi connectivity index (χ0n) is 12.3. The van der Waals surface area contributed by atoms with E-state index in [-0.39, 0.29) is 18.1 Å². The predicted octanol–water partition coefficient (Wildman–Crippen LogP) is 3.38. The first-order valence-corrected chi connectivity index (χ1v) is 7.40. The summed E-state index contributed by atoms with van der Waals surface area (Å²) in [5.41, 5.74) is 2.03. The summed E-state index contributed by atoms with van der Waals surface area (Å²) >= 11 is 0. The molecule has 1 aromatic carbocycles. The fourth-order valence-corrected chi connectivity index (χ4v) is 2.63. The summed E-state index contributed by atoms with van der Waals surface area (Å²) in [6, 6.07) is 10.6. The Morgan fingerprint density at radius 1 is 1.40 bits per heavy atom. The summed E-state index contributed by atoms with van der Waals surface area (Å²) in [5, 5.41) is 3.56. The number of allylic oxidation sites excluding steroid dienone is 1. The van der Waals surface area contributed by atoms with E-state index in [1.807, 2.05) is 31.2 Å². The van der Waals surface area contributed by atoms with Gasteiger partial charge in [0, 0.05) is 12.1 Å². The van der Waals surface area contributed by atoms with Crippen LogP contribution in [0, 0.1) is 0 Å². The van der Waals surface area contributed by atoms with Gasteiger partial charge in [-0.05, 0) is 38.7 Å². The molecule has 0 fully saturated rings. The average molecular weight is 273 g/mol. The van der Waals surface area contributed by atoms with Gasteiger partial charge in [0.1, 0.15) is 0 Å². The Labute approximate surface area is 121 Å². The van der Waals surface area contributed by atoms with E-state index in [4.69, 9.17) is 4.74 Å². The molecule has 0 unspecified atom stereocenters. The van der Waals surface area contributed by atoms with Crippen molar-refractivity contribution in [3.05, 3.63) is 47.5 Å². The lowest BCUT2D eigenvalue weighted by molar-refractivity contribution is -0.139. The zero-order chi connectivity index (χ0) is 14.4. The molecule has 3 nitrogen and oxygen atoms in total. The van der Waals surface area contributed by atoms with Gasteiger partial charge in [-0.25, -0.2) is 4.79 Å². The van der Waals surface area contributed by atoms with Crippen LogP contribution in [0.25, 0.3) is 0 Å². The third-order valence-corrected chi connectivity index (χ3v) is 3.70. The van der Waals surface area contributed by atoms with Crippen LogP contribution in [0.4, 0.5) is 0 Å². The highest BCUT2D eigenvalue weighted by atomic mass is 16.5. The lowest BCUT2D eigenvalue weighted by atomic mass is 9.92. The number of hydrogen-bond donors (Lipinski definition) is 1. The first-order valence-electron chi connectivity index (χ1n) is 7.40. The van der Waals surface area contributed by atoms with Crippen LogP contribution in [0.5, 0.6) is 0 Å². The molecule has 0 amide bonds. The minimum atomic E-state index is -0.176. The van der Waals surface area contributed by atoms with E-state index in [2.05, 4.69) is 24.4 Å². The Bertz CT molecular complexity index is 467. The summed E-state index contributed by atoms with van der Waals surface area (Å²) in [5.74, 6) is -0.176. The quantitative estimate of drug-likeness (QED) is 0.836. The summed E-state index contributed by atoms with van der Waals surface area (Å²) in [6.45, 7) is 4.40. The van der Waals surface area contributed by atoms with E-state index in [0.29, 0.717) is 6.61 Å². The third-order valence-electron chi connectivity index (χ3n) is 3.70. The maximum Gasteiger partial charge on any atom is 0.335 e. The number of carbonyl (C=O) groups is 1. The summed E-state index contributed by atoms with van der Waals surface area (Å²) in [4.78, 5) is 12.0. The van der Waals surface area contributed by atoms with Crippen molar-refractivity contribution in [3.8, 4) is 0 Å². The average Bonchev–Trinajstić information content (AvgIpc) is 2.49.